The normalized spacial score (nSPS) is 11.9. The summed E-state index contributed by atoms with van der Waals surface area (Å²) < 4.78 is 70.1. The third kappa shape index (κ3) is 9.14. The van der Waals surface area contributed by atoms with Gasteiger partial charge in [0, 0.05) is 37.6 Å². The van der Waals surface area contributed by atoms with Crippen LogP contribution < -0.4 is 25.7 Å². The zero-order valence-electron chi connectivity index (χ0n) is 28.1. The first-order valence-electron chi connectivity index (χ1n) is 15.7. The van der Waals surface area contributed by atoms with Crippen molar-refractivity contribution in [1.29, 1.82) is 5.41 Å². The molecular formula is C37H33Cl2F4N5O4. The van der Waals surface area contributed by atoms with Gasteiger partial charge in [-0.05, 0) is 82.4 Å². The van der Waals surface area contributed by atoms with Crippen LogP contribution >= 0.6 is 23.2 Å². The van der Waals surface area contributed by atoms with E-state index >= 15 is 0 Å². The smallest absolute Gasteiger partial charge is 0.417 e. The van der Waals surface area contributed by atoms with Crippen LogP contribution in [0.5, 0.6) is 11.5 Å². The van der Waals surface area contributed by atoms with E-state index in [4.69, 9.17) is 38.1 Å². The number of aryl methyl sites for hydroxylation is 1. The number of nitrogens with zero attached hydrogens (tertiary/aromatic N) is 2. The summed E-state index contributed by atoms with van der Waals surface area (Å²) in [5, 5.41) is 14.4. The summed E-state index contributed by atoms with van der Waals surface area (Å²) in [6.07, 6.45) is -1.90. The highest BCUT2D eigenvalue weighted by atomic mass is 35.5. The number of hydrogen-bond acceptors (Lipinski definition) is 5. The zero-order valence-corrected chi connectivity index (χ0v) is 29.6. The minimum Gasteiger partial charge on any atom is -0.497 e. The van der Waals surface area contributed by atoms with Gasteiger partial charge in [0.25, 0.3) is 5.91 Å². The van der Waals surface area contributed by atoms with Gasteiger partial charge in [-0.2, -0.15) is 13.2 Å². The fourth-order valence-electron chi connectivity index (χ4n) is 5.57. The molecule has 0 aliphatic rings. The summed E-state index contributed by atoms with van der Waals surface area (Å²) in [5.74, 6) is -1.18. The number of halogens is 6. The van der Waals surface area contributed by atoms with Gasteiger partial charge in [0.15, 0.2) is 0 Å². The third-order valence-electron chi connectivity index (χ3n) is 8.22. The van der Waals surface area contributed by atoms with Gasteiger partial charge in [-0.25, -0.2) is 4.39 Å². The molecule has 1 aromatic heterocycles. The molecule has 5 rings (SSSR count). The molecule has 1 atom stereocenters. The Balaban J connectivity index is 1.50. The summed E-state index contributed by atoms with van der Waals surface area (Å²) >= 11 is 12.5. The maximum atomic E-state index is 14.1. The first-order chi connectivity index (χ1) is 24.6. The quantitative estimate of drug-likeness (QED) is 0.114. The van der Waals surface area contributed by atoms with E-state index in [0.29, 0.717) is 34.3 Å². The highest BCUT2D eigenvalue weighted by Crippen LogP contribution is 2.38. The molecule has 0 aliphatic heterocycles. The first kappa shape index (κ1) is 38.0. The molecule has 0 saturated carbocycles. The molecule has 0 radical (unpaired) electrons. The molecule has 0 saturated heterocycles. The number of ether oxygens (including phenoxy) is 2. The lowest BCUT2D eigenvalue weighted by molar-refractivity contribution is -0.137. The average molecular weight is 759 g/mol. The second-order valence-corrected chi connectivity index (χ2v) is 12.7. The van der Waals surface area contributed by atoms with E-state index in [1.807, 2.05) is 0 Å². The Bertz CT molecular complexity index is 2160. The predicted molar refractivity (Wildman–Crippen MR) is 188 cm³/mol. The lowest BCUT2D eigenvalue weighted by Gasteiger charge is -2.21. The molecule has 0 bridgehead atoms. The average Bonchev–Trinajstić information content (AvgIpc) is 3.42. The Morgan fingerprint density at radius 1 is 0.885 bits per heavy atom. The summed E-state index contributed by atoms with van der Waals surface area (Å²) in [6.45, 7) is 0.137. The molecule has 272 valence electrons. The van der Waals surface area contributed by atoms with Crippen LogP contribution in [0.3, 0.4) is 0 Å². The van der Waals surface area contributed by atoms with E-state index in [1.165, 1.54) is 53.7 Å². The van der Waals surface area contributed by atoms with Gasteiger partial charge in [-0.3, -0.25) is 15.0 Å². The second-order valence-electron chi connectivity index (χ2n) is 11.9. The van der Waals surface area contributed by atoms with Gasteiger partial charge in [-0.1, -0.05) is 35.3 Å². The number of rotatable bonds is 12. The molecule has 1 unspecified atom stereocenters. The van der Waals surface area contributed by atoms with Gasteiger partial charge in [0.2, 0.25) is 11.5 Å². The number of nitrogens with one attached hydrogen (secondary N) is 3. The topological polar surface area (TPSA) is 110 Å². The fraction of sp³-hybridized carbons (Fsp3) is 0.216. The molecule has 4 aromatic carbocycles. The zero-order chi connectivity index (χ0) is 37.7. The van der Waals surface area contributed by atoms with Crippen molar-refractivity contribution >= 4 is 35.0 Å². The Kier molecular flexibility index (Phi) is 11.7. The molecular weight excluding hydrogens is 725 g/mol. The Morgan fingerprint density at radius 3 is 2.21 bits per heavy atom. The van der Waals surface area contributed by atoms with Gasteiger partial charge in [0.05, 0.1) is 48.8 Å². The van der Waals surface area contributed by atoms with E-state index in [9.17, 15) is 27.2 Å². The van der Waals surface area contributed by atoms with Crippen LogP contribution in [0.1, 0.15) is 45.1 Å². The number of hydrogen-bond donors (Lipinski definition) is 3. The number of carbonyl (C=O) groups is 2. The van der Waals surface area contributed by atoms with Crippen molar-refractivity contribution in [2.45, 2.75) is 31.7 Å². The molecule has 5 aromatic rings. The van der Waals surface area contributed by atoms with Crippen molar-refractivity contribution < 1.29 is 36.6 Å². The van der Waals surface area contributed by atoms with Gasteiger partial charge < -0.3 is 29.2 Å². The molecule has 0 fully saturated rings. The van der Waals surface area contributed by atoms with Crippen molar-refractivity contribution in [2.75, 3.05) is 14.2 Å². The van der Waals surface area contributed by atoms with Crippen molar-refractivity contribution in [3.63, 3.8) is 0 Å². The number of aromatic nitrogens is 2. The Labute approximate surface area is 306 Å². The molecule has 9 nitrogen and oxygen atoms in total. The molecule has 52 heavy (non-hydrogen) atoms. The standard InChI is InChI=1S/C37H33Cl2F4N5O4/c1-47-8-9-48(36(47)44)20-22-10-24(29-6-5-26(40)16-30(29)37(41,42)43)14-25(11-22)35(50)46-33(23-4-7-31(38)32(39)15-23)18-34(49)45-19-21-12-27(51-2)17-28(13-21)52-3/h4-17,33,44H,18-20H2,1-3H3,(H,45,49)(H,46,50). The number of carbonyl (C=O) groups excluding carboxylic acids is 2. The number of benzene rings is 4. The Hall–Kier alpha value is -5.27. The second kappa shape index (κ2) is 16.0. The van der Waals surface area contributed by atoms with Gasteiger partial charge >= 0.3 is 6.18 Å². The maximum absolute atomic E-state index is 14.1. The SMILES string of the molecule is COc1cc(CNC(=O)CC(NC(=O)c2cc(Cn3ccn(C)c3=N)cc(-c3ccc(F)cc3C(F)(F)F)c2)c2ccc(Cl)c(Cl)c2)cc(OC)c1. The van der Waals surface area contributed by atoms with Gasteiger partial charge in [-0.15, -0.1) is 0 Å². The summed E-state index contributed by atoms with van der Waals surface area (Å²) in [5.41, 5.74) is 0.0170. The number of alkyl halides is 3. The van der Waals surface area contributed by atoms with Crippen molar-refractivity contribution in [1.82, 2.24) is 19.8 Å². The summed E-state index contributed by atoms with van der Waals surface area (Å²) in [4.78, 5) is 27.3. The van der Waals surface area contributed by atoms with Crippen molar-refractivity contribution in [3.8, 4) is 22.6 Å². The van der Waals surface area contributed by atoms with E-state index in [0.717, 1.165) is 12.1 Å². The van der Waals surface area contributed by atoms with E-state index < -0.39 is 35.4 Å². The largest absolute Gasteiger partial charge is 0.497 e. The van der Waals surface area contributed by atoms with Crippen LogP contribution in [-0.2, 0) is 31.1 Å². The van der Waals surface area contributed by atoms with Crippen LogP contribution in [0.2, 0.25) is 10.0 Å². The number of amides is 2. The van der Waals surface area contributed by atoms with E-state index in [2.05, 4.69) is 10.6 Å². The predicted octanol–water partition coefficient (Wildman–Crippen LogP) is 7.68. The minimum absolute atomic E-state index is 0.00409. The van der Waals surface area contributed by atoms with Crippen molar-refractivity contribution in [2.24, 2.45) is 7.05 Å². The number of imidazole rings is 1. The van der Waals surface area contributed by atoms with Crippen LogP contribution in [0, 0.1) is 11.2 Å². The van der Waals surface area contributed by atoms with E-state index in [1.54, 1.807) is 43.7 Å². The number of methoxy groups -OCH3 is 2. The summed E-state index contributed by atoms with van der Waals surface area (Å²) in [6, 6.07) is 15.3. The molecule has 0 spiro atoms. The monoisotopic (exact) mass is 757 g/mol. The van der Waals surface area contributed by atoms with Crippen molar-refractivity contribution in [3.05, 3.63) is 134 Å². The van der Waals surface area contributed by atoms with Crippen LogP contribution in [0.15, 0.2) is 85.2 Å². The lowest BCUT2D eigenvalue weighted by atomic mass is 9.94. The van der Waals surface area contributed by atoms with Crippen LogP contribution in [0.4, 0.5) is 17.6 Å². The third-order valence-corrected chi connectivity index (χ3v) is 8.96. The molecule has 2 amide bonds. The van der Waals surface area contributed by atoms with E-state index in [-0.39, 0.29) is 51.9 Å². The lowest BCUT2D eigenvalue weighted by Crippen LogP contribution is -2.34. The maximum Gasteiger partial charge on any atom is 0.417 e. The Morgan fingerprint density at radius 2 is 1.60 bits per heavy atom. The minimum atomic E-state index is -4.90. The molecule has 15 heteroatoms. The fourth-order valence-corrected chi connectivity index (χ4v) is 5.88. The molecule has 1 heterocycles. The highest BCUT2D eigenvalue weighted by molar-refractivity contribution is 6.42. The molecule has 3 N–H and O–H groups in total. The van der Waals surface area contributed by atoms with Crippen LogP contribution in [0.25, 0.3) is 11.1 Å². The van der Waals surface area contributed by atoms with Gasteiger partial charge in [0.1, 0.15) is 17.3 Å². The molecule has 0 aliphatic carbocycles. The highest BCUT2D eigenvalue weighted by Gasteiger charge is 2.34. The van der Waals surface area contributed by atoms with Crippen LogP contribution in [-0.4, -0.2) is 35.2 Å². The summed E-state index contributed by atoms with van der Waals surface area (Å²) in [7, 11) is 4.67. The first-order valence-corrected chi connectivity index (χ1v) is 16.4.